The molecule has 0 amide bonds. The van der Waals surface area contributed by atoms with Gasteiger partial charge >= 0.3 is 0 Å². The van der Waals surface area contributed by atoms with Crippen LogP contribution < -0.4 is 0 Å². The van der Waals surface area contributed by atoms with Crippen molar-refractivity contribution in [2.24, 2.45) is 0 Å². The fourth-order valence-electron chi connectivity index (χ4n) is 8.60. The number of nitriles is 1. The second kappa shape index (κ2) is 15.0. The van der Waals surface area contributed by atoms with Crippen LogP contribution >= 0.6 is 0 Å². The number of fused-ring (bicyclic) bond motifs is 6. The maximum Gasteiger partial charge on any atom is 0.159 e. The number of aromatic nitrogens is 11. The van der Waals surface area contributed by atoms with E-state index in [1.165, 1.54) is 0 Å². The van der Waals surface area contributed by atoms with Crippen molar-refractivity contribution in [3.8, 4) is 74.3 Å². The maximum atomic E-state index is 9.80. The third-order valence-electron chi connectivity index (χ3n) is 11.5. The van der Waals surface area contributed by atoms with E-state index in [4.69, 9.17) is 4.98 Å². The predicted octanol–water partition coefficient (Wildman–Crippen LogP) is 10.6. The van der Waals surface area contributed by atoms with Crippen LogP contribution in [0.15, 0.2) is 183 Å². The van der Waals surface area contributed by atoms with E-state index in [0.717, 1.165) is 82.7 Å². The van der Waals surface area contributed by atoms with E-state index in [0.29, 0.717) is 34.7 Å². The highest BCUT2D eigenvalue weighted by atomic mass is 15.1. The summed E-state index contributed by atoms with van der Waals surface area (Å²) in [6.45, 7) is 0. The molecule has 298 valence electrons. The average molecular weight is 823 g/mol. The quantitative estimate of drug-likeness (QED) is 0.152. The molecule has 0 atom stereocenters. The minimum atomic E-state index is 0.571. The highest BCUT2D eigenvalue weighted by Gasteiger charge is 2.22. The number of pyridine rings is 1. The van der Waals surface area contributed by atoms with Crippen molar-refractivity contribution in [2.75, 3.05) is 0 Å². The van der Waals surface area contributed by atoms with Crippen molar-refractivity contribution in [1.82, 2.24) is 54.0 Å². The molecule has 0 radical (unpaired) electrons. The number of rotatable bonds is 7. The van der Waals surface area contributed by atoms with Gasteiger partial charge in [0.15, 0.2) is 23.3 Å². The molecule has 0 N–H and O–H groups in total. The Balaban J connectivity index is 1.12. The van der Waals surface area contributed by atoms with Gasteiger partial charge in [0.1, 0.15) is 5.82 Å². The summed E-state index contributed by atoms with van der Waals surface area (Å²) >= 11 is 0. The standard InChI is InChI=1S/C52H30N12/c53-30-32-5-7-33(8-6-32)38-29-48(64-45-15-11-36(51-58-21-3-22-59-51)27-41(45)42-28-37(12-16-46(42)64)52-60-23-4-24-61-52)62-31-47(38)63-43-13-9-34(49-54-17-1-18-55-49)25-39(43)40-26-35(10-14-44(40)63)50-56-19-2-20-57-50/h1-29,31H. The molecule has 7 heterocycles. The van der Waals surface area contributed by atoms with E-state index in [1.54, 1.807) is 49.6 Å². The fraction of sp³-hybridized carbons (Fsp3) is 0. The Morgan fingerprint density at radius 3 is 1.06 bits per heavy atom. The van der Waals surface area contributed by atoms with E-state index in [1.807, 2.05) is 66.9 Å². The normalized spacial score (nSPS) is 11.4. The van der Waals surface area contributed by atoms with Crippen LogP contribution in [0.2, 0.25) is 0 Å². The van der Waals surface area contributed by atoms with Gasteiger partial charge in [0, 0.05) is 98.9 Å². The van der Waals surface area contributed by atoms with Crippen molar-refractivity contribution in [3.63, 3.8) is 0 Å². The van der Waals surface area contributed by atoms with Crippen molar-refractivity contribution >= 4 is 43.6 Å². The lowest BCUT2D eigenvalue weighted by Gasteiger charge is -2.17. The Bertz CT molecular complexity index is 3580. The lowest BCUT2D eigenvalue weighted by atomic mass is 10.0. The Hall–Kier alpha value is -9.34. The first-order valence-corrected chi connectivity index (χ1v) is 20.5. The molecule has 12 heteroatoms. The molecule has 12 nitrogen and oxygen atoms in total. The molecule has 0 saturated carbocycles. The molecule has 0 spiro atoms. The zero-order chi connectivity index (χ0) is 42.6. The van der Waals surface area contributed by atoms with Crippen molar-refractivity contribution in [3.05, 3.63) is 189 Å². The summed E-state index contributed by atoms with van der Waals surface area (Å²) in [6, 6.07) is 44.6. The largest absolute Gasteiger partial charge is 0.307 e. The van der Waals surface area contributed by atoms with Gasteiger partial charge in [0.2, 0.25) is 0 Å². The summed E-state index contributed by atoms with van der Waals surface area (Å²) < 4.78 is 4.45. The Kier molecular flexibility index (Phi) is 8.55. The monoisotopic (exact) mass is 822 g/mol. The smallest absolute Gasteiger partial charge is 0.159 e. The first kappa shape index (κ1) is 36.5. The zero-order valence-corrected chi connectivity index (χ0v) is 33.7. The van der Waals surface area contributed by atoms with Gasteiger partial charge in [0.25, 0.3) is 0 Å². The number of hydrogen-bond donors (Lipinski definition) is 0. The lowest BCUT2D eigenvalue weighted by Crippen LogP contribution is -2.03. The molecule has 64 heavy (non-hydrogen) atoms. The van der Waals surface area contributed by atoms with E-state index in [-0.39, 0.29) is 0 Å². The minimum absolute atomic E-state index is 0.571. The predicted molar refractivity (Wildman–Crippen MR) is 247 cm³/mol. The molecule has 0 unspecified atom stereocenters. The number of hydrogen-bond acceptors (Lipinski definition) is 10. The van der Waals surface area contributed by atoms with Gasteiger partial charge in [-0.25, -0.2) is 44.9 Å². The Morgan fingerprint density at radius 2 is 0.703 bits per heavy atom. The molecule has 5 aromatic carbocycles. The summed E-state index contributed by atoms with van der Waals surface area (Å²) in [5.41, 5.74) is 10.7. The summed E-state index contributed by atoms with van der Waals surface area (Å²) in [4.78, 5) is 41.8. The van der Waals surface area contributed by atoms with Crippen LogP contribution in [0, 0.1) is 11.3 Å². The number of benzene rings is 5. The van der Waals surface area contributed by atoms with Crippen LogP contribution in [-0.4, -0.2) is 54.0 Å². The van der Waals surface area contributed by atoms with Gasteiger partial charge in [-0.1, -0.05) is 12.1 Å². The zero-order valence-electron chi connectivity index (χ0n) is 33.7. The van der Waals surface area contributed by atoms with Gasteiger partial charge in [0.05, 0.1) is 45.6 Å². The van der Waals surface area contributed by atoms with E-state index < -0.39 is 0 Å². The van der Waals surface area contributed by atoms with Gasteiger partial charge in [-0.3, -0.25) is 4.57 Å². The summed E-state index contributed by atoms with van der Waals surface area (Å²) in [5, 5.41) is 13.8. The van der Waals surface area contributed by atoms with Crippen molar-refractivity contribution < 1.29 is 0 Å². The van der Waals surface area contributed by atoms with Crippen molar-refractivity contribution in [2.45, 2.75) is 0 Å². The molecule has 12 rings (SSSR count). The van der Waals surface area contributed by atoms with E-state index >= 15 is 0 Å². The van der Waals surface area contributed by atoms with Crippen LogP contribution in [0.4, 0.5) is 0 Å². The molecule has 0 aliphatic carbocycles. The first-order valence-electron chi connectivity index (χ1n) is 20.5. The fourth-order valence-corrected chi connectivity index (χ4v) is 8.60. The number of nitrogens with zero attached hydrogens (tertiary/aromatic N) is 12. The average Bonchev–Trinajstić information content (AvgIpc) is 3.88. The molecule has 0 fully saturated rings. The van der Waals surface area contributed by atoms with Gasteiger partial charge < -0.3 is 4.57 Å². The van der Waals surface area contributed by atoms with Crippen LogP contribution in [0.5, 0.6) is 0 Å². The van der Waals surface area contributed by atoms with Gasteiger partial charge in [-0.15, -0.1) is 0 Å². The molecule has 0 bridgehead atoms. The lowest BCUT2D eigenvalue weighted by molar-refractivity contribution is 1.06. The molecule has 0 aliphatic heterocycles. The van der Waals surface area contributed by atoms with E-state index in [2.05, 4.69) is 122 Å². The Morgan fingerprint density at radius 1 is 0.359 bits per heavy atom. The van der Waals surface area contributed by atoms with Gasteiger partial charge in [-0.05, 0) is 121 Å². The van der Waals surface area contributed by atoms with Crippen LogP contribution in [0.1, 0.15) is 5.56 Å². The molecular weight excluding hydrogens is 793 g/mol. The second-order valence-electron chi connectivity index (χ2n) is 15.1. The van der Waals surface area contributed by atoms with Gasteiger partial charge in [-0.2, -0.15) is 5.26 Å². The molecule has 7 aromatic heterocycles. The summed E-state index contributed by atoms with van der Waals surface area (Å²) in [7, 11) is 0. The highest BCUT2D eigenvalue weighted by Crippen LogP contribution is 2.41. The minimum Gasteiger partial charge on any atom is -0.307 e. The van der Waals surface area contributed by atoms with E-state index in [9.17, 15) is 5.26 Å². The molecule has 12 aromatic rings. The highest BCUT2D eigenvalue weighted by molar-refractivity contribution is 6.13. The summed E-state index contributed by atoms with van der Waals surface area (Å²) in [5.74, 6) is 3.25. The second-order valence-corrected chi connectivity index (χ2v) is 15.1. The molecular formula is C52H30N12. The third-order valence-corrected chi connectivity index (χ3v) is 11.5. The summed E-state index contributed by atoms with van der Waals surface area (Å²) in [6.07, 6.45) is 16.0. The SMILES string of the molecule is N#Cc1ccc(-c2cc(-n3c4ccc(-c5ncccn5)cc4c4cc(-c5ncccn5)ccc43)ncc2-n2c3ccc(-c4ncccn4)cc3c3cc(-c4ncccn4)ccc32)cc1. The maximum absolute atomic E-state index is 9.80. The molecule has 0 aliphatic rings. The molecule has 0 saturated heterocycles. The van der Waals surface area contributed by atoms with Crippen LogP contribution in [0.25, 0.3) is 112 Å². The van der Waals surface area contributed by atoms with Crippen LogP contribution in [0.3, 0.4) is 0 Å². The van der Waals surface area contributed by atoms with Crippen LogP contribution in [-0.2, 0) is 0 Å². The third kappa shape index (κ3) is 6.11. The topological polar surface area (TPSA) is 150 Å². The Labute approximate surface area is 364 Å². The van der Waals surface area contributed by atoms with Crippen molar-refractivity contribution in [1.29, 1.82) is 5.26 Å². The first-order chi connectivity index (χ1) is 31.7.